The maximum Gasteiger partial charge on any atom is 0.303 e. The summed E-state index contributed by atoms with van der Waals surface area (Å²) in [5.41, 5.74) is 0. The highest BCUT2D eigenvalue weighted by Gasteiger charge is 2.30. The molecule has 0 aromatic heterocycles. The molecule has 0 aromatic rings. The fourth-order valence-electron chi connectivity index (χ4n) is 2.97. The fourth-order valence-corrected chi connectivity index (χ4v) is 2.97. The molecule has 18 heavy (non-hydrogen) atoms. The maximum atomic E-state index is 11.9. The van der Waals surface area contributed by atoms with Crippen molar-refractivity contribution < 1.29 is 14.7 Å². The van der Waals surface area contributed by atoms with Crippen LogP contribution in [0.15, 0.2) is 0 Å². The minimum absolute atomic E-state index is 0.215. The van der Waals surface area contributed by atoms with Gasteiger partial charge in [-0.25, -0.2) is 0 Å². The molecule has 0 heterocycles. The molecule has 4 nitrogen and oxygen atoms in total. The third-order valence-corrected chi connectivity index (χ3v) is 3.82. The Bertz CT molecular complexity index is 293. The van der Waals surface area contributed by atoms with Gasteiger partial charge >= 0.3 is 5.97 Å². The summed E-state index contributed by atoms with van der Waals surface area (Å²) in [4.78, 5) is 24.6. The van der Waals surface area contributed by atoms with E-state index in [1.54, 1.807) is 0 Å². The molecule has 1 rings (SSSR count). The standard InChI is InChI=1S/C14H25NO3/c1-4-13(16)15(10(2)3)12-7-5-11(6-8-12)9-14(17)18/h10-12H,4-9H2,1-3H3,(H,17,18)/t11-,12-. The monoisotopic (exact) mass is 255 g/mol. The molecular formula is C14H25NO3. The minimum atomic E-state index is -0.705. The van der Waals surface area contributed by atoms with E-state index in [-0.39, 0.29) is 18.4 Å². The maximum absolute atomic E-state index is 11.9. The zero-order chi connectivity index (χ0) is 13.7. The first-order valence-electron chi connectivity index (χ1n) is 6.98. The van der Waals surface area contributed by atoms with E-state index in [0.717, 1.165) is 25.7 Å². The predicted octanol–water partition coefficient (Wildman–Crippen LogP) is 2.67. The Labute approximate surface area is 109 Å². The Hall–Kier alpha value is -1.06. The molecule has 1 aliphatic rings. The lowest BCUT2D eigenvalue weighted by Gasteiger charge is -2.39. The van der Waals surface area contributed by atoms with E-state index in [9.17, 15) is 9.59 Å². The van der Waals surface area contributed by atoms with Crippen molar-refractivity contribution in [3.63, 3.8) is 0 Å². The Morgan fingerprint density at radius 1 is 1.22 bits per heavy atom. The van der Waals surface area contributed by atoms with Gasteiger partial charge in [0.2, 0.25) is 5.91 Å². The number of carbonyl (C=O) groups excluding carboxylic acids is 1. The number of amides is 1. The van der Waals surface area contributed by atoms with Gasteiger partial charge in [0.05, 0.1) is 0 Å². The molecule has 0 bridgehead atoms. The summed E-state index contributed by atoms with van der Waals surface area (Å²) in [6.07, 6.45) is 4.57. The van der Waals surface area contributed by atoms with Crippen LogP contribution in [0.5, 0.6) is 0 Å². The van der Waals surface area contributed by atoms with E-state index in [1.165, 1.54) is 0 Å². The van der Waals surface area contributed by atoms with Crippen molar-refractivity contribution in [1.29, 1.82) is 0 Å². The smallest absolute Gasteiger partial charge is 0.303 e. The zero-order valence-electron chi connectivity index (χ0n) is 11.7. The van der Waals surface area contributed by atoms with E-state index in [0.29, 0.717) is 18.4 Å². The van der Waals surface area contributed by atoms with Gasteiger partial charge in [-0.3, -0.25) is 9.59 Å². The summed E-state index contributed by atoms with van der Waals surface area (Å²) in [6, 6.07) is 0.543. The molecule has 0 spiro atoms. The van der Waals surface area contributed by atoms with Crippen LogP contribution in [0, 0.1) is 5.92 Å². The summed E-state index contributed by atoms with van der Waals surface area (Å²) < 4.78 is 0. The van der Waals surface area contributed by atoms with Crippen LogP contribution in [-0.4, -0.2) is 34.0 Å². The van der Waals surface area contributed by atoms with Crippen LogP contribution < -0.4 is 0 Å². The molecule has 0 radical (unpaired) electrons. The van der Waals surface area contributed by atoms with Crippen molar-refractivity contribution in [1.82, 2.24) is 4.90 Å². The number of hydrogen-bond donors (Lipinski definition) is 1. The van der Waals surface area contributed by atoms with Gasteiger partial charge in [-0.05, 0) is 45.4 Å². The Morgan fingerprint density at radius 3 is 2.17 bits per heavy atom. The molecule has 1 amide bonds. The van der Waals surface area contributed by atoms with Crippen molar-refractivity contribution in [2.24, 2.45) is 5.92 Å². The molecule has 1 aliphatic carbocycles. The third kappa shape index (κ3) is 4.00. The van der Waals surface area contributed by atoms with Crippen molar-refractivity contribution in [2.75, 3.05) is 0 Å². The second-order valence-corrected chi connectivity index (χ2v) is 5.52. The predicted molar refractivity (Wildman–Crippen MR) is 70.3 cm³/mol. The number of aliphatic carboxylic acids is 1. The topological polar surface area (TPSA) is 57.6 Å². The molecule has 0 aliphatic heterocycles. The van der Waals surface area contributed by atoms with Gasteiger partial charge < -0.3 is 10.0 Å². The number of carboxylic acids is 1. The van der Waals surface area contributed by atoms with Crippen LogP contribution >= 0.6 is 0 Å². The van der Waals surface area contributed by atoms with Gasteiger partial charge in [-0.15, -0.1) is 0 Å². The average Bonchev–Trinajstić information content (AvgIpc) is 2.30. The summed E-state index contributed by atoms with van der Waals surface area (Å²) >= 11 is 0. The Balaban J connectivity index is 2.54. The summed E-state index contributed by atoms with van der Waals surface area (Å²) in [5, 5.41) is 8.79. The molecule has 1 fully saturated rings. The van der Waals surface area contributed by atoms with Crippen molar-refractivity contribution in [3.8, 4) is 0 Å². The largest absolute Gasteiger partial charge is 0.481 e. The van der Waals surface area contributed by atoms with E-state index >= 15 is 0 Å². The second kappa shape index (κ2) is 6.76. The first kappa shape index (κ1) is 15.0. The average molecular weight is 255 g/mol. The third-order valence-electron chi connectivity index (χ3n) is 3.82. The van der Waals surface area contributed by atoms with Gasteiger partial charge in [-0.1, -0.05) is 6.92 Å². The van der Waals surface area contributed by atoms with E-state index in [2.05, 4.69) is 13.8 Å². The van der Waals surface area contributed by atoms with Crippen LogP contribution in [0.4, 0.5) is 0 Å². The Morgan fingerprint density at radius 2 is 1.78 bits per heavy atom. The van der Waals surface area contributed by atoms with E-state index in [4.69, 9.17) is 5.11 Å². The lowest BCUT2D eigenvalue weighted by atomic mass is 9.83. The summed E-state index contributed by atoms with van der Waals surface area (Å²) in [7, 11) is 0. The van der Waals surface area contributed by atoms with Crippen molar-refractivity contribution >= 4 is 11.9 Å². The van der Waals surface area contributed by atoms with Crippen molar-refractivity contribution in [3.05, 3.63) is 0 Å². The van der Waals surface area contributed by atoms with Crippen LogP contribution in [0.2, 0.25) is 0 Å². The lowest BCUT2D eigenvalue weighted by molar-refractivity contribution is -0.140. The molecule has 4 heteroatoms. The Kier molecular flexibility index (Phi) is 5.63. The normalized spacial score (nSPS) is 24.0. The number of hydrogen-bond acceptors (Lipinski definition) is 2. The highest BCUT2D eigenvalue weighted by Crippen LogP contribution is 2.30. The van der Waals surface area contributed by atoms with E-state index in [1.807, 2.05) is 11.8 Å². The van der Waals surface area contributed by atoms with Gasteiger partial charge in [-0.2, -0.15) is 0 Å². The molecule has 1 saturated carbocycles. The first-order chi connectivity index (χ1) is 8.45. The van der Waals surface area contributed by atoms with E-state index < -0.39 is 5.97 Å². The molecule has 0 atom stereocenters. The quantitative estimate of drug-likeness (QED) is 0.821. The van der Waals surface area contributed by atoms with Gasteiger partial charge in [0, 0.05) is 24.9 Å². The zero-order valence-corrected chi connectivity index (χ0v) is 11.7. The number of carbonyl (C=O) groups is 2. The van der Waals surface area contributed by atoms with Gasteiger partial charge in [0.1, 0.15) is 0 Å². The number of nitrogens with zero attached hydrogens (tertiary/aromatic N) is 1. The molecule has 0 unspecified atom stereocenters. The first-order valence-corrected chi connectivity index (χ1v) is 6.98. The van der Waals surface area contributed by atoms with Crippen LogP contribution in [0.25, 0.3) is 0 Å². The van der Waals surface area contributed by atoms with Gasteiger partial charge in [0.25, 0.3) is 0 Å². The summed E-state index contributed by atoms with van der Waals surface area (Å²) in [5.74, 6) is -0.194. The fraction of sp³-hybridized carbons (Fsp3) is 0.857. The molecule has 0 aromatic carbocycles. The SMILES string of the molecule is CCC(=O)N(C(C)C)[C@H]1CC[C@H](CC(=O)O)CC1. The lowest BCUT2D eigenvalue weighted by Crippen LogP contribution is -2.46. The van der Waals surface area contributed by atoms with Crippen LogP contribution in [0.3, 0.4) is 0 Å². The molecule has 1 N–H and O–H groups in total. The molecule has 104 valence electrons. The molecule has 0 saturated heterocycles. The van der Waals surface area contributed by atoms with Crippen LogP contribution in [0.1, 0.15) is 59.3 Å². The highest BCUT2D eigenvalue weighted by atomic mass is 16.4. The highest BCUT2D eigenvalue weighted by molar-refractivity contribution is 5.76. The minimum Gasteiger partial charge on any atom is -0.481 e. The summed E-state index contributed by atoms with van der Waals surface area (Å²) in [6.45, 7) is 6.00. The second-order valence-electron chi connectivity index (χ2n) is 5.52. The van der Waals surface area contributed by atoms with Crippen LogP contribution in [-0.2, 0) is 9.59 Å². The number of rotatable bonds is 5. The van der Waals surface area contributed by atoms with Crippen molar-refractivity contribution in [2.45, 2.75) is 71.4 Å². The van der Waals surface area contributed by atoms with Gasteiger partial charge in [0.15, 0.2) is 0 Å². The number of carboxylic acid groups (broad SMARTS) is 1. The molecular weight excluding hydrogens is 230 g/mol.